The highest BCUT2D eigenvalue weighted by atomic mass is 127. The summed E-state index contributed by atoms with van der Waals surface area (Å²) < 4.78 is 18.9. The molecule has 2 saturated heterocycles. The van der Waals surface area contributed by atoms with Crippen molar-refractivity contribution in [3.8, 4) is 5.75 Å². The van der Waals surface area contributed by atoms with Crippen LogP contribution in [-0.4, -0.2) is 90.2 Å². The molecule has 36 heavy (non-hydrogen) atoms. The molecule has 0 aromatic heterocycles. The molecule has 4 atom stereocenters. The Kier molecular flexibility index (Phi) is 8.66. The smallest absolute Gasteiger partial charge is 0.252 e. The fourth-order valence-electron chi connectivity index (χ4n) is 5.02. The van der Waals surface area contributed by atoms with Crippen LogP contribution in [0, 0.1) is 17.2 Å². The predicted octanol–water partition coefficient (Wildman–Crippen LogP) is 1.99. The largest absolute Gasteiger partial charge is 0.445 e. The third kappa shape index (κ3) is 6.14. The molecule has 1 saturated carbocycles. The standard InChI is InChI=1S/C24H32ClIN6O4/c25-20-9-16(1-2-21(20)36-15-27)14-35-23-19(22(33)28-3-4-30-5-7-34-8-6-30)11-29-24(32(23)26)31-12-17-10-18(17)13-31/h1-2,9,11,15,17-18,23-24,27,29H,3-8,10,12-14H2,(H,28,33). The van der Waals surface area contributed by atoms with Crippen LogP contribution in [-0.2, 0) is 20.9 Å². The summed E-state index contributed by atoms with van der Waals surface area (Å²) in [5.41, 5.74) is 1.40. The van der Waals surface area contributed by atoms with Gasteiger partial charge in [0.2, 0.25) is 0 Å². The van der Waals surface area contributed by atoms with Crippen LogP contribution in [0.3, 0.4) is 0 Å². The predicted molar refractivity (Wildman–Crippen MR) is 144 cm³/mol. The average molecular weight is 631 g/mol. The van der Waals surface area contributed by atoms with Gasteiger partial charge in [-0.1, -0.05) is 17.7 Å². The summed E-state index contributed by atoms with van der Waals surface area (Å²) in [6, 6.07) is 5.32. The number of carbonyl (C=O) groups is 1. The molecule has 3 heterocycles. The maximum absolute atomic E-state index is 13.2. The van der Waals surface area contributed by atoms with E-state index in [2.05, 4.69) is 46.4 Å². The summed E-state index contributed by atoms with van der Waals surface area (Å²) in [7, 11) is 0. The molecule has 3 fully saturated rings. The van der Waals surface area contributed by atoms with Gasteiger partial charge in [-0.05, 0) is 36.0 Å². The molecule has 4 aliphatic rings. The highest BCUT2D eigenvalue weighted by Gasteiger charge is 2.49. The molecule has 1 aliphatic carbocycles. The maximum atomic E-state index is 13.2. The molecule has 4 unspecified atom stereocenters. The summed E-state index contributed by atoms with van der Waals surface area (Å²) >= 11 is 8.56. The SMILES string of the molecule is N=COc1ccc(COC2C(C(=O)NCCN3CCOCC3)=CNC(N3CC4CC4C3)N2I)cc1Cl. The summed E-state index contributed by atoms with van der Waals surface area (Å²) in [4.78, 5) is 17.9. The van der Waals surface area contributed by atoms with Crippen LogP contribution in [0.4, 0.5) is 0 Å². The topological polar surface area (TPSA) is 102 Å². The Hall–Kier alpha value is -1.48. The lowest BCUT2D eigenvalue weighted by atomic mass is 10.2. The maximum Gasteiger partial charge on any atom is 0.252 e. The van der Waals surface area contributed by atoms with E-state index >= 15 is 0 Å². The molecule has 5 rings (SSSR count). The van der Waals surface area contributed by atoms with E-state index in [9.17, 15) is 4.79 Å². The van der Waals surface area contributed by atoms with E-state index in [0.717, 1.165) is 69.7 Å². The summed E-state index contributed by atoms with van der Waals surface area (Å²) in [5, 5.41) is 14.0. The highest BCUT2D eigenvalue weighted by Crippen LogP contribution is 2.46. The number of ether oxygens (including phenoxy) is 3. The van der Waals surface area contributed by atoms with Crippen LogP contribution < -0.4 is 15.4 Å². The Labute approximate surface area is 230 Å². The minimum absolute atomic E-state index is 0.0414. The van der Waals surface area contributed by atoms with Crippen LogP contribution in [0.1, 0.15) is 12.0 Å². The molecule has 1 aromatic rings. The van der Waals surface area contributed by atoms with Crippen molar-refractivity contribution in [3.05, 3.63) is 40.6 Å². The van der Waals surface area contributed by atoms with E-state index in [1.165, 1.54) is 6.42 Å². The number of hydrogen-bond acceptors (Lipinski definition) is 9. The zero-order valence-corrected chi connectivity index (χ0v) is 22.9. The van der Waals surface area contributed by atoms with Gasteiger partial charge in [-0.25, -0.2) is 0 Å². The van der Waals surface area contributed by atoms with Crippen molar-refractivity contribution in [2.75, 3.05) is 52.5 Å². The monoisotopic (exact) mass is 630 g/mol. The van der Waals surface area contributed by atoms with Crippen molar-refractivity contribution in [2.45, 2.75) is 25.5 Å². The van der Waals surface area contributed by atoms with Crippen molar-refractivity contribution >= 4 is 46.8 Å². The van der Waals surface area contributed by atoms with Gasteiger partial charge in [0.1, 0.15) is 12.0 Å². The third-order valence-corrected chi connectivity index (χ3v) is 8.46. The Bertz CT molecular complexity index is 983. The van der Waals surface area contributed by atoms with Crippen LogP contribution in [0.15, 0.2) is 30.0 Å². The van der Waals surface area contributed by atoms with Crippen molar-refractivity contribution < 1.29 is 19.0 Å². The number of nitrogens with zero attached hydrogens (tertiary/aromatic N) is 3. The lowest BCUT2D eigenvalue weighted by Crippen LogP contribution is -2.59. The minimum Gasteiger partial charge on any atom is -0.445 e. The van der Waals surface area contributed by atoms with E-state index in [0.29, 0.717) is 22.9 Å². The summed E-state index contributed by atoms with van der Waals surface area (Å²) in [6.07, 6.45) is 3.41. The Balaban J connectivity index is 1.25. The molecule has 1 aromatic carbocycles. The van der Waals surface area contributed by atoms with Crippen LogP contribution in [0.5, 0.6) is 5.75 Å². The molecule has 0 bridgehead atoms. The first-order chi connectivity index (χ1) is 17.5. The number of benzene rings is 1. The van der Waals surface area contributed by atoms with Gasteiger partial charge in [-0.15, -0.1) is 0 Å². The zero-order valence-electron chi connectivity index (χ0n) is 20.0. The lowest BCUT2D eigenvalue weighted by molar-refractivity contribution is -0.122. The second-order valence-corrected chi connectivity index (χ2v) is 11.1. The molecule has 0 radical (unpaired) electrons. The van der Waals surface area contributed by atoms with Gasteiger partial charge >= 0.3 is 0 Å². The first kappa shape index (κ1) is 26.1. The Morgan fingerprint density at radius 2 is 2.08 bits per heavy atom. The van der Waals surface area contributed by atoms with E-state index in [1.54, 1.807) is 12.1 Å². The van der Waals surface area contributed by atoms with Crippen molar-refractivity contribution in [2.24, 2.45) is 11.8 Å². The normalized spacial score (nSPS) is 28.7. The Morgan fingerprint density at radius 3 is 2.81 bits per heavy atom. The van der Waals surface area contributed by atoms with E-state index in [-0.39, 0.29) is 18.8 Å². The highest BCUT2D eigenvalue weighted by molar-refractivity contribution is 14.1. The first-order valence-electron chi connectivity index (χ1n) is 12.3. The van der Waals surface area contributed by atoms with Gasteiger partial charge in [0.25, 0.3) is 5.91 Å². The van der Waals surface area contributed by atoms with Gasteiger partial charge < -0.3 is 24.8 Å². The molecule has 0 spiro atoms. The molecule has 3 aliphatic heterocycles. The van der Waals surface area contributed by atoms with Crippen LogP contribution >= 0.6 is 34.5 Å². The summed E-state index contributed by atoms with van der Waals surface area (Å²) in [6.45, 7) is 7.00. The molecular formula is C24H32ClIN6O4. The van der Waals surface area contributed by atoms with E-state index in [4.69, 9.17) is 31.2 Å². The van der Waals surface area contributed by atoms with E-state index < -0.39 is 6.23 Å². The first-order valence-corrected chi connectivity index (χ1v) is 13.7. The molecular weight excluding hydrogens is 599 g/mol. The molecule has 12 heteroatoms. The van der Waals surface area contributed by atoms with Crippen LogP contribution in [0.25, 0.3) is 0 Å². The van der Waals surface area contributed by atoms with Gasteiger partial charge in [0.05, 0.1) is 30.4 Å². The second kappa shape index (κ2) is 11.9. The number of morpholine rings is 1. The molecule has 3 N–H and O–H groups in total. The fraction of sp³-hybridized carbons (Fsp3) is 0.583. The second-order valence-electron chi connectivity index (χ2n) is 9.57. The number of carbonyl (C=O) groups excluding carboxylic acids is 1. The number of amides is 1. The van der Waals surface area contributed by atoms with Crippen molar-refractivity contribution in [3.63, 3.8) is 0 Å². The number of rotatable bonds is 10. The van der Waals surface area contributed by atoms with Crippen LogP contribution in [0.2, 0.25) is 5.02 Å². The quantitative estimate of drug-likeness (QED) is 0.156. The minimum atomic E-state index is -0.534. The van der Waals surface area contributed by atoms with Crippen molar-refractivity contribution in [1.29, 1.82) is 5.41 Å². The Morgan fingerprint density at radius 1 is 1.31 bits per heavy atom. The number of halogens is 2. The van der Waals surface area contributed by atoms with E-state index in [1.807, 2.05) is 12.3 Å². The lowest BCUT2D eigenvalue weighted by Gasteiger charge is -2.42. The van der Waals surface area contributed by atoms with Gasteiger partial charge in [-0.3, -0.25) is 20.0 Å². The van der Waals surface area contributed by atoms with Gasteiger partial charge in [0, 0.05) is 68.3 Å². The van der Waals surface area contributed by atoms with Gasteiger partial charge in [0.15, 0.2) is 12.6 Å². The number of likely N-dealkylation sites (tertiary alicyclic amines) is 1. The number of hydrogen-bond donors (Lipinski definition) is 3. The summed E-state index contributed by atoms with van der Waals surface area (Å²) in [5.74, 6) is 1.88. The fourth-order valence-corrected chi connectivity index (χ4v) is 6.25. The number of nitrogens with one attached hydrogen (secondary N) is 3. The third-order valence-electron chi connectivity index (χ3n) is 7.13. The molecule has 10 nitrogen and oxygen atoms in total. The number of fused-ring (bicyclic) bond motifs is 1. The van der Waals surface area contributed by atoms with Gasteiger partial charge in [-0.2, -0.15) is 3.11 Å². The zero-order chi connectivity index (χ0) is 25.1. The average Bonchev–Trinajstić information content (AvgIpc) is 3.49. The number of piperidine rings is 1. The molecule has 1 amide bonds. The van der Waals surface area contributed by atoms with Crippen molar-refractivity contribution in [1.82, 2.24) is 23.5 Å². The molecule has 196 valence electrons.